The Morgan fingerprint density at radius 2 is 1.87 bits per heavy atom. The van der Waals surface area contributed by atoms with Gasteiger partial charge in [0.2, 0.25) is 0 Å². The van der Waals surface area contributed by atoms with Crippen LogP contribution in [0.25, 0.3) is 0 Å². The Balaban J connectivity index is 0.00000192. The summed E-state index contributed by atoms with van der Waals surface area (Å²) in [4.78, 5) is 2.62. The third-order valence-corrected chi connectivity index (χ3v) is 5.01. The van der Waals surface area contributed by atoms with E-state index in [1.807, 2.05) is 0 Å². The fraction of sp³-hybridized carbons (Fsp3) is 0.684. The highest BCUT2D eigenvalue weighted by molar-refractivity contribution is 5.85. The molecule has 0 amide bonds. The van der Waals surface area contributed by atoms with Crippen molar-refractivity contribution >= 4 is 12.4 Å². The van der Waals surface area contributed by atoms with Crippen molar-refractivity contribution in [3.8, 4) is 0 Å². The smallest absolute Gasteiger partial charge is 0.0714 e. The molecule has 0 saturated carbocycles. The topological polar surface area (TPSA) is 24.5 Å². The summed E-state index contributed by atoms with van der Waals surface area (Å²) in [5, 5.41) is 3.45. The van der Waals surface area contributed by atoms with Crippen molar-refractivity contribution in [3.63, 3.8) is 0 Å². The molecule has 1 aromatic rings. The van der Waals surface area contributed by atoms with Gasteiger partial charge in [0, 0.05) is 26.2 Å². The van der Waals surface area contributed by atoms with E-state index in [1.54, 1.807) is 0 Å². The molecule has 0 radical (unpaired) electrons. The largest absolute Gasteiger partial charge is 0.377 e. The van der Waals surface area contributed by atoms with Crippen LogP contribution in [0.15, 0.2) is 30.3 Å². The molecule has 0 aliphatic carbocycles. The minimum Gasteiger partial charge on any atom is -0.377 e. The van der Waals surface area contributed by atoms with Crippen molar-refractivity contribution < 1.29 is 4.74 Å². The molecule has 2 aliphatic heterocycles. The van der Waals surface area contributed by atoms with Gasteiger partial charge in [-0.2, -0.15) is 0 Å². The van der Waals surface area contributed by atoms with E-state index in [1.165, 1.54) is 51.0 Å². The normalized spacial score (nSPS) is 22.9. The maximum atomic E-state index is 6.09. The predicted octanol–water partition coefficient (Wildman–Crippen LogP) is 3.13. The van der Waals surface area contributed by atoms with Crippen LogP contribution in [0.5, 0.6) is 0 Å². The summed E-state index contributed by atoms with van der Waals surface area (Å²) in [5.41, 5.74) is 1.42. The first-order valence-electron chi connectivity index (χ1n) is 8.99. The van der Waals surface area contributed by atoms with Crippen molar-refractivity contribution in [3.05, 3.63) is 35.9 Å². The molecule has 3 nitrogen and oxygen atoms in total. The lowest BCUT2D eigenvalue weighted by molar-refractivity contribution is 0.0559. The first-order chi connectivity index (χ1) is 10.9. The predicted molar refractivity (Wildman–Crippen MR) is 98.4 cm³/mol. The Morgan fingerprint density at radius 3 is 2.65 bits per heavy atom. The second-order valence-corrected chi connectivity index (χ2v) is 6.82. The second kappa shape index (κ2) is 10.3. The highest BCUT2D eigenvalue weighted by Crippen LogP contribution is 2.19. The van der Waals surface area contributed by atoms with Crippen LogP contribution in [0.2, 0.25) is 0 Å². The average molecular weight is 339 g/mol. The molecule has 130 valence electrons. The number of aryl methyl sites for hydroxylation is 1. The number of hydrogen-bond donors (Lipinski definition) is 1. The summed E-state index contributed by atoms with van der Waals surface area (Å²) in [6.45, 7) is 6.98. The Hall–Kier alpha value is -0.610. The van der Waals surface area contributed by atoms with Gasteiger partial charge < -0.3 is 15.0 Å². The van der Waals surface area contributed by atoms with Gasteiger partial charge in [0.05, 0.1) is 6.10 Å². The molecule has 23 heavy (non-hydrogen) atoms. The highest BCUT2D eigenvalue weighted by Gasteiger charge is 2.25. The number of hydrogen-bond acceptors (Lipinski definition) is 3. The lowest BCUT2D eigenvalue weighted by Gasteiger charge is -2.27. The quantitative estimate of drug-likeness (QED) is 0.773. The SMILES string of the molecule is Cl.c1ccc(CCCOC2CCN(CC3CCNCC3)C2)cc1. The standard InChI is InChI=1S/C19H30N2O.ClH/c1-2-5-17(6-3-1)7-4-14-22-19-10-13-21(16-19)15-18-8-11-20-12-9-18;/h1-3,5-6,18-20H,4,7-16H2;1H. The summed E-state index contributed by atoms with van der Waals surface area (Å²) in [5.74, 6) is 0.901. The Kier molecular flexibility index (Phi) is 8.38. The molecule has 4 heteroatoms. The molecule has 2 heterocycles. The van der Waals surface area contributed by atoms with Gasteiger partial charge in [-0.05, 0) is 56.7 Å². The molecule has 3 rings (SSSR count). The van der Waals surface area contributed by atoms with Crippen LogP contribution in [0, 0.1) is 5.92 Å². The second-order valence-electron chi connectivity index (χ2n) is 6.82. The fourth-order valence-electron chi connectivity index (χ4n) is 3.70. The Bertz CT molecular complexity index is 423. The molecule has 1 unspecified atom stereocenters. The summed E-state index contributed by atoms with van der Waals surface area (Å²) in [6.07, 6.45) is 6.65. The molecule has 1 N–H and O–H groups in total. The summed E-state index contributed by atoms with van der Waals surface area (Å²) in [6, 6.07) is 10.7. The molecule has 0 bridgehead atoms. The third-order valence-electron chi connectivity index (χ3n) is 5.01. The number of piperidine rings is 1. The van der Waals surface area contributed by atoms with Crippen LogP contribution < -0.4 is 5.32 Å². The zero-order valence-corrected chi connectivity index (χ0v) is 14.9. The third kappa shape index (κ3) is 6.42. The van der Waals surface area contributed by atoms with E-state index in [9.17, 15) is 0 Å². The molecular formula is C19H31ClN2O. The number of likely N-dealkylation sites (tertiary alicyclic amines) is 1. The molecule has 1 atom stereocenters. The monoisotopic (exact) mass is 338 g/mol. The van der Waals surface area contributed by atoms with E-state index < -0.39 is 0 Å². The van der Waals surface area contributed by atoms with Crippen LogP contribution in [-0.2, 0) is 11.2 Å². The van der Waals surface area contributed by atoms with Gasteiger partial charge in [-0.15, -0.1) is 12.4 Å². The van der Waals surface area contributed by atoms with E-state index in [-0.39, 0.29) is 12.4 Å². The molecular weight excluding hydrogens is 308 g/mol. The number of ether oxygens (including phenoxy) is 1. The van der Waals surface area contributed by atoms with Gasteiger partial charge in [-0.1, -0.05) is 30.3 Å². The minimum absolute atomic E-state index is 0. The van der Waals surface area contributed by atoms with Crippen LogP contribution in [0.1, 0.15) is 31.2 Å². The fourth-order valence-corrected chi connectivity index (χ4v) is 3.70. The minimum atomic E-state index is 0. The molecule has 1 aromatic carbocycles. The van der Waals surface area contributed by atoms with E-state index in [0.29, 0.717) is 6.10 Å². The maximum absolute atomic E-state index is 6.09. The van der Waals surface area contributed by atoms with E-state index in [4.69, 9.17) is 4.74 Å². The lowest BCUT2D eigenvalue weighted by Crippen LogP contribution is -2.35. The van der Waals surface area contributed by atoms with Crippen LogP contribution in [0.3, 0.4) is 0 Å². The van der Waals surface area contributed by atoms with E-state index in [0.717, 1.165) is 31.9 Å². The van der Waals surface area contributed by atoms with Crippen molar-refractivity contribution in [2.24, 2.45) is 5.92 Å². The summed E-state index contributed by atoms with van der Waals surface area (Å²) in [7, 11) is 0. The van der Waals surface area contributed by atoms with Crippen LogP contribution >= 0.6 is 12.4 Å². The highest BCUT2D eigenvalue weighted by atomic mass is 35.5. The number of nitrogens with zero attached hydrogens (tertiary/aromatic N) is 1. The zero-order chi connectivity index (χ0) is 15.0. The van der Waals surface area contributed by atoms with Crippen molar-refractivity contribution in [1.82, 2.24) is 10.2 Å². The number of halogens is 1. The molecule has 2 aliphatic rings. The Labute approximate surface area is 147 Å². The number of rotatable bonds is 7. The van der Waals surface area contributed by atoms with Crippen molar-refractivity contribution in [2.75, 3.05) is 39.3 Å². The van der Waals surface area contributed by atoms with Crippen LogP contribution in [-0.4, -0.2) is 50.3 Å². The van der Waals surface area contributed by atoms with Crippen LogP contribution in [0.4, 0.5) is 0 Å². The molecule has 2 saturated heterocycles. The van der Waals surface area contributed by atoms with Crippen molar-refractivity contribution in [2.45, 2.75) is 38.2 Å². The van der Waals surface area contributed by atoms with Crippen molar-refractivity contribution in [1.29, 1.82) is 0 Å². The Morgan fingerprint density at radius 1 is 1.09 bits per heavy atom. The summed E-state index contributed by atoms with van der Waals surface area (Å²) >= 11 is 0. The summed E-state index contributed by atoms with van der Waals surface area (Å²) < 4.78 is 6.09. The van der Waals surface area contributed by atoms with Gasteiger partial charge in [0.1, 0.15) is 0 Å². The van der Waals surface area contributed by atoms with Gasteiger partial charge in [-0.3, -0.25) is 0 Å². The van der Waals surface area contributed by atoms with Gasteiger partial charge in [0.15, 0.2) is 0 Å². The van der Waals surface area contributed by atoms with Gasteiger partial charge >= 0.3 is 0 Å². The van der Waals surface area contributed by atoms with E-state index in [2.05, 4.69) is 40.5 Å². The number of benzene rings is 1. The lowest BCUT2D eigenvalue weighted by atomic mass is 9.98. The van der Waals surface area contributed by atoms with Gasteiger partial charge in [-0.25, -0.2) is 0 Å². The first-order valence-corrected chi connectivity index (χ1v) is 8.99. The average Bonchev–Trinajstić information content (AvgIpc) is 3.01. The first kappa shape index (κ1) is 18.7. The van der Waals surface area contributed by atoms with Gasteiger partial charge in [0.25, 0.3) is 0 Å². The van der Waals surface area contributed by atoms with E-state index >= 15 is 0 Å². The maximum Gasteiger partial charge on any atom is 0.0714 e. The molecule has 2 fully saturated rings. The molecule has 0 aromatic heterocycles. The zero-order valence-electron chi connectivity index (χ0n) is 14.1. The number of nitrogens with one attached hydrogen (secondary N) is 1. The molecule has 0 spiro atoms.